The first-order valence-electron chi connectivity index (χ1n) is 10.6. The number of hydrogen-bond acceptors (Lipinski definition) is 2. The molecule has 0 saturated carbocycles. The summed E-state index contributed by atoms with van der Waals surface area (Å²) in [5.74, 6) is 1.16. The van der Waals surface area contributed by atoms with Crippen molar-refractivity contribution in [2.45, 2.75) is 71.6 Å². The van der Waals surface area contributed by atoms with Gasteiger partial charge in [0.2, 0.25) is 0 Å². The van der Waals surface area contributed by atoms with Crippen molar-refractivity contribution < 1.29 is 10.2 Å². The van der Waals surface area contributed by atoms with Gasteiger partial charge >= 0.3 is 0 Å². The molecule has 2 unspecified atom stereocenters. The van der Waals surface area contributed by atoms with E-state index in [4.69, 9.17) is 0 Å². The number of phenols is 2. The molecule has 0 amide bonds. The second-order valence-electron chi connectivity index (χ2n) is 8.66. The molecule has 0 aliphatic heterocycles. The molecule has 0 aliphatic carbocycles. The summed E-state index contributed by atoms with van der Waals surface area (Å²) in [5.41, 5.74) is 5.36. The van der Waals surface area contributed by atoms with Gasteiger partial charge in [-0.2, -0.15) is 0 Å². The lowest BCUT2D eigenvalue weighted by atomic mass is 9.74. The van der Waals surface area contributed by atoms with Crippen LogP contribution in [0.15, 0.2) is 37.4 Å². The fourth-order valence-electron chi connectivity index (χ4n) is 3.75. The van der Waals surface area contributed by atoms with Gasteiger partial charge in [0.25, 0.3) is 0 Å². The van der Waals surface area contributed by atoms with Crippen LogP contribution in [0.2, 0.25) is 0 Å². The third-order valence-corrected chi connectivity index (χ3v) is 6.51. The summed E-state index contributed by atoms with van der Waals surface area (Å²) >= 11 is 0. The highest BCUT2D eigenvalue weighted by Gasteiger charge is 2.28. The van der Waals surface area contributed by atoms with E-state index in [0.29, 0.717) is 11.5 Å². The third-order valence-electron chi connectivity index (χ3n) is 6.51. The van der Waals surface area contributed by atoms with E-state index in [-0.39, 0.29) is 17.3 Å². The van der Waals surface area contributed by atoms with E-state index in [1.165, 1.54) is 0 Å². The maximum Gasteiger partial charge on any atom is 0.126 e. The Kier molecular flexibility index (Phi) is 7.00. The first-order valence-corrected chi connectivity index (χ1v) is 10.6. The van der Waals surface area contributed by atoms with Crippen LogP contribution in [0, 0.1) is 0 Å². The Labute approximate surface area is 176 Å². The van der Waals surface area contributed by atoms with Crippen LogP contribution in [-0.2, 0) is 5.41 Å². The lowest BCUT2D eigenvalue weighted by Gasteiger charge is -2.30. The first-order chi connectivity index (χ1) is 13.6. The van der Waals surface area contributed by atoms with Gasteiger partial charge in [0.1, 0.15) is 11.5 Å². The summed E-state index contributed by atoms with van der Waals surface area (Å²) in [6, 6.07) is 8.30. The first kappa shape index (κ1) is 22.8. The molecule has 0 radical (unpaired) electrons. The molecule has 156 valence electrons. The van der Waals surface area contributed by atoms with Crippen molar-refractivity contribution in [3.05, 3.63) is 70.8 Å². The summed E-state index contributed by atoms with van der Waals surface area (Å²) in [6.07, 6.45) is 5.34. The van der Waals surface area contributed by atoms with Crippen molar-refractivity contribution >= 4 is 12.2 Å². The molecule has 2 rings (SSSR count). The predicted octanol–water partition coefficient (Wildman–Crippen LogP) is 7.74. The van der Waals surface area contributed by atoms with Crippen LogP contribution in [0.5, 0.6) is 11.5 Å². The van der Waals surface area contributed by atoms with E-state index in [1.807, 2.05) is 12.1 Å². The van der Waals surface area contributed by atoms with Gasteiger partial charge in [-0.1, -0.05) is 79.0 Å². The summed E-state index contributed by atoms with van der Waals surface area (Å²) in [5, 5.41) is 21.4. The predicted molar refractivity (Wildman–Crippen MR) is 126 cm³/mol. The molecular formula is C27H36O2. The minimum absolute atomic E-state index is 0.253. The Bertz CT molecular complexity index is 832. The van der Waals surface area contributed by atoms with Crippen LogP contribution in [0.3, 0.4) is 0 Å². The number of phenolic OH excluding ortho intramolecular Hbond substituents is 2. The van der Waals surface area contributed by atoms with E-state index in [0.717, 1.165) is 46.2 Å². The molecule has 2 aromatic rings. The zero-order chi connectivity index (χ0) is 21.9. The quantitative estimate of drug-likeness (QED) is 0.482. The monoisotopic (exact) mass is 392 g/mol. The number of benzene rings is 2. The lowest BCUT2D eigenvalue weighted by molar-refractivity contribution is 0.458. The van der Waals surface area contributed by atoms with E-state index in [9.17, 15) is 10.2 Å². The number of rotatable bonds is 8. The highest BCUT2D eigenvalue weighted by atomic mass is 16.3. The standard InChI is InChI=1S/C27H36O2/c1-9-17(5)23-15-21(13-19(11-3)25(23)28)27(7,8)22-14-20(12-4)26(29)24(16-22)18(6)10-2/h11-18,28-29H,3-4,9-10H2,1-2,5-8H3. The number of hydrogen-bond donors (Lipinski definition) is 2. The van der Waals surface area contributed by atoms with E-state index in [1.54, 1.807) is 12.2 Å². The molecule has 0 fully saturated rings. The van der Waals surface area contributed by atoms with Gasteiger partial charge < -0.3 is 10.2 Å². The van der Waals surface area contributed by atoms with Gasteiger partial charge in [-0.15, -0.1) is 0 Å². The minimum atomic E-state index is -0.318. The van der Waals surface area contributed by atoms with E-state index in [2.05, 4.69) is 66.8 Å². The van der Waals surface area contributed by atoms with E-state index >= 15 is 0 Å². The Morgan fingerprint density at radius 3 is 1.41 bits per heavy atom. The van der Waals surface area contributed by atoms with Crippen LogP contribution in [0.1, 0.15) is 99.6 Å². The Balaban J connectivity index is 2.75. The Morgan fingerprint density at radius 1 is 0.793 bits per heavy atom. The molecule has 2 atom stereocenters. The van der Waals surface area contributed by atoms with Crippen LogP contribution >= 0.6 is 0 Å². The summed E-state index contributed by atoms with van der Waals surface area (Å²) < 4.78 is 0. The molecule has 0 heterocycles. The molecule has 29 heavy (non-hydrogen) atoms. The lowest BCUT2D eigenvalue weighted by Crippen LogP contribution is -2.20. The van der Waals surface area contributed by atoms with Gasteiger partial charge in [-0.05, 0) is 59.1 Å². The molecule has 2 aromatic carbocycles. The van der Waals surface area contributed by atoms with E-state index < -0.39 is 0 Å². The summed E-state index contributed by atoms with van der Waals surface area (Å²) in [4.78, 5) is 0. The van der Waals surface area contributed by atoms with Gasteiger partial charge in [-0.3, -0.25) is 0 Å². The molecule has 0 aliphatic rings. The number of aromatic hydroxyl groups is 2. The van der Waals surface area contributed by atoms with Crippen molar-refractivity contribution in [3.8, 4) is 11.5 Å². The summed E-state index contributed by atoms with van der Waals surface area (Å²) in [6.45, 7) is 20.7. The third kappa shape index (κ3) is 4.27. The average molecular weight is 393 g/mol. The minimum Gasteiger partial charge on any atom is -0.507 e. The zero-order valence-corrected chi connectivity index (χ0v) is 18.8. The highest BCUT2D eigenvalue weighted by Crippen LogP contribution is 2.42. The fraction of sp³-hybridized carbons (Fsp3) is 0.407. The van der Waals surface area contributed by atoms with Crippen molar-refractivity contribution in [2.24, 2.45) is 0 Å². The molecular weight excluding hydrogens is 356 g/mol. The van der Waals surface area contributed by atoms with Gasteiger partial charge in [0.05, 0.1) is 0 Å². The maximum atomic E-state index is 10.7. The average Bonchev–Trinajstić information content (AvgIpc) is 2.72. The highest BCUT2D eigenvalue weighted by molar-refractivity contribution is 5.64. The molecule has 0 aromatic heterocycles. The summed E-state index contributed by atoms with van der Waals surface area (Å²) in [7, 11) is 0. The largest absolute Gasteiger partial charge is 0.507 e. The SMILES string of the molecule is C=Cc1cc(C(C)(C)c2cc(C=C)c(O)c(C(C)CC)c2)cc(C(C)CC)c1O. The molecule has 0 spiro atoms. The van der Waals surface area contributed by atoms with Crippen LogP contribution in [0.4, 0.5) is 0 Å². The van der Waals surface area contributed by atoms with Crippen LogP contribution < -0.4 is 0 Å². The smallest absolute Gasteiger partial charge is 0.126 e. The molecule has 2 nitrogen and oxygen atoms in total. The van der Waals surface area contributed by atoms with Gasteiger partial charge in [-0.25, -0.2) is 0 Å². The molecule has 2 N–H and O–H groups in total. The fourth-order valence-corrected chi connectivity index (χ4v) is 3.75. The van der Waals surface area contributed by atoms with Gasteiger partial charge in [0.15, 0.2) is 0 Å². The maximum absolute atomic E-state index is 10.7. The van der Waals surface area contributed by atoms with Crippen molar-refractivity contribution in [1.29, 1.82) is 0 Å². The normalized spacial score (nSPS) is 13.7. The van der Waals surface area contributed by atoms with Crippen molar-refractivity contribution in [1.82, 2.24) is 0 Å². The topological polar surface area (TPSA) is 40.5 Å². The zero-order valence-electron chi connectivity index (χ0n) is 18.8. The van der Waals surface area contributed by atoms with Crippen LogP contribution in [0.25, 0.3) is 12.2 Å². The molecule has 0 bridgehead atoms. The Morgan fingerprint density at radius 2 is 1.14 bits per heavy atom. The van der Waals surface area contributed by atoms with Crippen LogP contribution in [-0.4, -0.2) is 10.2 Å². The van der Waals surface area contributed by atoms with Gasteiger partial charge in [0, 0.05) is 16.5 Å². The Hall–Kier alpha value is -2.48. The molecule has 2 heteroatoms. The molecule has 0 saturated heterocycles. The second kappa shape index (κ2) is 8.90. The van der Waals surface area contributed by atoms with Crippen molar-refractivity contribution in [3.63, 3.8) is 0 Å². The van der Waals surface area contributed by atoms with Crippen molar-refractivity contribution in [2.75, 3.05) is 0 Å². The second-order valence-corrected chi connectivity index (χ2v) is 8.66.